The smallest absolute Gasteiger partial charge is 0.246 e. The van der Waals surface area contributed by atoms with Crippen molar-refractivity contribution in [2.45, 2.75) is 13.5 Å². The number of hydrogen-bond acceptors (Lipinski definition) is 7. The summed E-state index contributed by atoms with van der Waals surface area (Å²) in [5.41, 5.74) is 4.60. The van der Waals surface area contributed by atoms with Gasteiger partial charge in [-0.25, -0.2) is 15.0 Å². The van der Waals surface area contributed by atoms with Crippen molar-refractivity contribution in [1.82, 2.24) is 24.8 Å². The molecule has 0 aliphatic rings. The normalized spacial score (nSPS) is 11.3. The molecular weight excluding hydrogens is 388 g/mol. The maximum Gasteiger partial charge on any atom is 0.246 e. The summed E-state index contributed by atoms with van der Waals surface area (Å²) in [4.78, 5) is 25.5. The number of amides is 1. The molecule has 3 heterocycles. The van der Waals surface area contributed by atoms with Gasteiger partial charge in [0.1, 0.15) is 21.8 Å². The number of carbonyl (C=O) groups excluding carboxylic acids is 1. The Morgan fingerprint density at radius 3 is 2.76 bits per heavy atom. The van der Waals surface area contributed by atoms with Gasteiger partial charge in [-0.2, -0.15) is 0 Å². The molecule has 1 aromatic carbocycles. The van der Waals surface area contributed by atoms with Crippen LogP contribution >= 0.6 is 11.3 Å². The van der Waals surface area contributed by atoms with Crippen LogP contribution in [0.1, 0.15) is 12.5 Å². The van der Waals surface area contributed by atoms with E-state index in [1.807, 2.05) is 49.9 Å². The monoisotopic (exact) mass is 410 g/mol. The highest BCUT2D eigenvalue weighted by Crippen LogP contribution is 2.35. The molecule has 1 amide bonds. The number of nitrogens with one attached hydrogen (secondary N) is 2. The van der Waals surface area contributed by atoms with Crippen molar-refractivity contribution in [2.24, 2.45) is 7.05 Å². The van der Waals surface area contributed by atoms with Gasteiger partial charge in [0.2, 0.25) is 5.91 Å². The van der Waals surface area contributed by atoms with Crippen molar-refractivity contribution in [2.75, 3.05) is 25.6 Å². The fourth-order valence-electron chi connectivity index (χ4n) is 3.08. The predicted octanol–water partition coefficient (Wildman–Crippen LogP) is 2.94. The third-order valence-corrected chi connectivity index (χ3v) is 5.67. The fourth-order valence-corrected chi connectivity index (χ4v) is 4.18. The maximum absolute atomic E-state index is 11.7. The molecule has 4 rings (SSSR count). The topological polar surface area (TPSA) is 94.0 Å². The van der Waals surface area contributed by atoms with Gasteiger partial charge in [-0.15, -0.1) is 11.3 Å². The zero-order valence-corrected chi connectivity index (χ0v) is 17.3. The molecule has 8 nitrogen and oxygen atoms in total. The number of carbonyl (C=O) groups is 1. The molecule has 0 aliphatic heterocycles. The van der Waals surface area contributed by atoms with Crippen molar-refractivity contribution >= 4 is 44.4 Å². The number of nitrogens with zero attached hydrogens (tertiary/aromatic N) is 4. The Bertz CT molecular complexity index is 1170. The van der Waals surface area contributed by atoms with Crippen molar-refractivity contribution in [3.05, 3.63) is 36.2 Å². The molecule has 0 unspecified atom stereocenters. The van der Waals surface area contributed by atoms with Gasteiger partial charge in [-0.05, 0) is 12.5 Å². The summed E-state index contributed by atoms with van der Waals surface area (Å²) in [5, 5.41) is 6.85. The molecule has 29 heavy (non-hydrogen) atoms. The second-order valence-electron chi connectivity index (χ2n) is 6.55. The minimum Gasteiger partial charge on any atom is -0.372 e. The number of ether oxygens (including phenoxy) is 1. The van der Waals surface area contributed by atoms with Crippen LogP contribution in [-0.2, 0) is 23.1 Å². The Hall–Kier alpha value is -3.04. The average molecular weight is 411 g/mol. The van der Waals surface area contributed by atoms with E-state index in [2.05, 4.69) is 20.6 Å². The number of fused-ring (bicyclic) bond motifs is 3. The van der Waals surface area contributed by atoms with Crippen LogP contribution in [0.25, 0.3) is 32.0 Å². The van der Waals surface area contributed by atoms with Crippen LogP contribution in [0, 0.1) is 0 Å². The van der Waals surface area contributed by atoms with E-state index in [-0.39, 0.29) is 12.5 Å². The first-order chi connectivity index (χ1) is 14.1. The molecule has 150 valence electrons. The molecule has 0 atom stereocenters. The molecule has 4 aromatic rings. The van der Waals surface area contributed by atoms with E-state index in [9.17, 15) is 4.79 Å². The van der Waals surface area contributed by atoms with Gasteiger partial charge in [0.25, 0.3) is 0 Å². The predicted molar refractivity (Wildman–Crippen MR) is 115 cm³/mol. The first-order valence-corrected chi connectivity index (χ1v) is 10.2. The fraction of sp³-hybridized carbons (Fsp3) is 0.300. The number of aromatic nitrogens is 4. The number of imidazole rings is 1. The first-order valence-electron chi connectivity index (χ1n) is 9.33. The third-order valence-electron chi connectivity index (χ3n) is 4.57. The second kappa shape index (κ2) is 8.14. The van der Waals surface area contributed by atoms with Gasteiger partial charge in [0.05, 0.1) is 11.8 Å². The zero-order chi connectivity index (χ0) is 20.4. The summed E-state index contributed by atoms with van der Waals surface area (Å²) in [6.45, 7) is 2.95. The molecule has 0 aliphatic carbocycles. The minimum absolute atomic E-state index is 0.0877. The van der Waals surface area contributed by atoms with Gasteiger partial charge in [-0.1, -0.05) is 24.3 Å². The van der Waals surface area contributed by atoms with Gasteiger partial charge >= 0.3 is 0 Å². The molecule has 0 radical (unpaired) electrons. The van der Waals surface area contributed by atoms with Crippen LogP contribution in [0.4, 0.5) is 5.82 Å². The largest absolute Gasteiger partial charge is 0.372 e. The van der Waals surface area contributed by atoms with Crippen molar-refractivity contribution < 1.29 is 9.53 Å². The minimum atomic E-state index is -0.117. The van der Waals surface area contributed by atoms with Crippen LogP contribution in [0.5, 0.6) is 0 Å². The van der Waals surface area contributed by atoms with E-state index in [4.69, 9.17) is 9.72 Å². The molecule has 9 heteroatoms. The number of pyridine rings is 1. The summed E-state index contributed by atoms with van der Waals surface area (Å²) in [6.07, 6.45) is 1.79. The highest BCUT2D eigenvalue weighted by Gasteiger charge is 2.17. The summed E-state index contributed by atoms with van der Waals surface area (Å²) >= 11 is 1.60. The van der Waals surface area contributed by atoms with E-state index in [0.717, 1.165) is 37.7 Å². The van der Waals surface area contributed by atoms with E-state index >= 15 is 0 Å². The molecule has 0 spiro atoms. The quantitative estimate of drug-likeness (QED) is 0.487. The lowest BCUT2D eigenvalue weighted by atomic mass is 10.1. The van der Waals surface area contributed by atoms with E-state index in [1.54, 1.807) is 17.7 Å². The second-order valence-corrected chi connectivity index (χ2v) is 7.54. The Balaban J connectivity index is 1.59. The molecule has 0 saturated heterocycles. The van der Waals surface area contributed by atoms with Crippen molar-refractivity contribution in [3.63, 3.8) is 0 Å². The summed E-state index contributed by atoms with van der Waals surface area (Å²) < 4.78 is 8.11. The first kappa shape index (κ1) is 19.3. The Kier molecular flexibility index (Phi) is 5.41. The Morgan fingerprint density at radius 2 is 2.03 bits per heavy atom. The molecule has 2 N–H and O–H groups in total. The number of benzene rings is 1. The van der Waals surface area contributed by atoms with Crippen molar-refractivity contribution in [1.29, 1.82) is 0 Å². The molecule has 3 aromatic heterocycles. The lowest BCUT2D eigenvalue weighted by Gasteiger charge is -2.06. The van der Waals surface area contributed by atoms with Crippen LogP contribution in [0.15, 0.2) is 30.6 Å². The van der Waals surface area contributed by atoms with E-state index < -0.39 is 0 Å². The summed E-state index contributed by atoms with van der Waals surface area (Å²) in [5.74, 6) is 0.608. The summed E-state index contributed by atoms with van der Waals surface area (Å²) in [6, 6.07) is 8.02. The van der Waals surface area contributed by atoms with Gasteiger partial charge in [0.15, 0.2) is 11.5 Å². The van der Waals surface area contributed by atoms with E-state index in [1.165, 1.54) is 0 Å². The van der Waals surface area contributed by atoms with Crippen LogP contribution in [0.3, 0.4) is 0 Å². The van der Waals surface area contributed by atoms with Crippen LogP contribution in [0.2, 0.25) is 0 Å². The van der Waals surface area contributed by atoms with Crippen LogP contribution in [-0.4, -0.2) is 45.7 Å². The number of rotatable bonds is 7. The SMILES string of the molecule is CCOCC(=O)NCc1ccc(-c2nc3nc(NC)c4ncn(C)c4c3s2)cc1. The average Bonchev–Trinajstić information content (AvgIpc) is 3.34. The highest BCUT2D eigenvalue weighted by atomic mass is 32.1. The maximum atomic E-state index is 11.7. The number of hydrogen-bond donors (Lipinski definition) is 2. The van der Waals surface area contributed by atoms with Crippen molar-refractivity contribution in [3.8, 4) is 10.6 Å². The molecule has 0 saturated carbocycles. The van der Waals surface area contributed by atoms with Gasteiger partial charge < -0.3 is 19.9 Å². The number of anilines is 1. The molecular formula is C20H22N6O2S. The lowest BCUT2D eigenvalue weighted by molar-refractivity contribution is -0.125. The third kappa shape index (κ3) is 3.79. The molecule has 0 bridgehead atoms. The molecule has 0 fully saturated rings. The Labute approximate surface area is 171 Å². The highest BCUT2D eigenvalue weighted by molar-refractivity contribution is 7.22. The zero-order valence-electron chi connectivity index (χ0n) is 16.5. The van der Waals surface area contributed by atoms with Gasteiger partial charge in [0, 0.05) is 32.8 Å². The van der Waals surface area contributed by atoms with E-state index in [0.29, 0.717) is 18.8 Å². The summed E-state index contributed by atoms with van der Waals surface area (Å²) in [7, 11) is 3.81. The van der Waals surface area contributed by atoms with Crippen LogP contribution < -0.4 is 10.6 Å². The standard InChI is InChI=1S/C20H22N6O2S/c1-4-28-10-14(27)22-9-12-5-7-13(8-6-12)20-25-19-17(29-20)16-15(18(21-2)24-19)23-11-26(16)3/h5-8,11H,4,9-10H2,1-3H3,(H,21,24)(H,22,27). The number of thiazole rings is 1. The Morgan fingerprint density at radius 1 is 1.24 bits per heavy atom. The lowest BCUT2D eigenvalue weighted by Crippen LogP contribution is -2.27. The van der Waals surface area contributed by atoms with Gasteiger partial charge in [-0.3, -0.25) is 4.79 Å². The number of aryl methyl sites for hydroxylation is 1.